The molecule has 0 heterocycles. The molecule has 13 nitrogen and oxygen atoms in total. The molecule has 4 atom stereocenters. The lowest BCUT2D eigenvalue weighted by molar-refractivity contribution is -0.141. The van der Waals surface area contributed by atoms with E-state index in [4.69, 9.17) is 22.3 Å². The monoisotopic (exact) mass is 420 g/mol. The van der Waals surface area contributed by atoms with Crippen LogP contribution < -0.4 is 33.2 Å². The van der Waals surface area contributed by atoms with Crippen LogP contribution >= 0.6 is 12.6 Å². The Labute approximate surface area is 165 Å². The quantitative estimate of drug-likeness (QED) is 0.143. The molecule has 0 aromatic heterocycles. The number of carboxylic acid groups (broad SMARTS) is 1. The van der Waals surface area contributed by atoms with Gasteiger partial charge in [-0.3, -0.25) is 24.0 Å². The first kappa shape index (κ1) is 25.1. The highest BCUT2D eigenvalue weighted by atomic mass is 32.1. The molecule has 0 aliphatic heterocycles. The molecular formula is C14H24N6O7S. The van der Waals surface area contributed by atoms with Crippen molar-refractivity contribution in [1.82, 2.24) is 16.0 Å². The van der Waals surface area contributed by atoms with Crippen molar-refractivity contribution in [3.05, 3.63) is 0 Å². The van der Waals surface area contributed by atoms with E-state index in [-0.39, 0.29) is 5.75 Å². The summed E-state index contributed by atoms with van der Waals surface area (Å²) in [6.45, 7) is 1.26. The van der Waals surface area contributed by atoms with Crippen molar-refractivity contribution < 1.29 is 33.9 Å². The first-order valence-electron chi connectivity index (χ1n) is 7.96. The van der Waals surface area contributed by atoms with Gasteiger partial charge >= 0.3 is 5.97 Å². The Bertz CT molecular complexity index is 644. The van der Waals surface area contributed by atoms with Gasteiger partial charge in [0.25, 0.3) is 0 Å². The Morgan fingerprint density at radius 3 is 1.79 bits per heavy atom. The van der Waals surface area contributed by atoms with Crippen LogP contribution in [0.2, 0.25) is 0 Å². The van der Waals surface area contributed by atoms with Gasteiger partial charge < -0.3 is 38.3 Å². The van der Waals surface area contributed by atoms with E-state index in [2.05, 4.69) is 28.6 Å². The van der Waals surface area contributed by atoms with Crippen LogP contribution in [0.3, 0.4) is 0 Å². The van der Waals surface area contributed by atoms with Gasteiger partial charge in [0.15, 0.2) is 0 Å². The number of amides is 5. The zero-order valence-corrected chi connectivity index (χ0v) is 15.9. The Morgan fingerprint density at radius 1 is 0.857 bits per heavy atom. The Kier molecular flexibility index (Phi) is 10.6. The van der Waals surface area contributed by atoms with Gasteiger partial charge in [-0.05, 0) is 6.92 Å². The lowest BCUT2D eigenvalue weighted by Gasteiger charge is -2.22. The van der Waals surface area contributed by atoms with Gasteiger partial charge in [-0.1, -0.05) is 0 Å². The molecule has 0 bridgehead atoms. The van der Waals surface area contributed by atoms with Crippen molar-refractivity contribution in [2.45, 2.75) is 43.9 Å². The third-order valence-electron chi connectivity index (χ3n) is 3.35. The maximum Gasteiger partial charge on any atom is 0.327 e. The number of carbonyl (C=O) groups is 6. The second-order valence-electron chi connectivity index (χ2n) is 5.82. The van der Waals surface area contributed by atoms with Crippen LogP contribution in [0.5, 0.6) is 0 Å². The number of aliphatic carboxylic acids is 1. The van der Waals surface area contributed by atoms with Gasteiger partial charge in [0.2, 0.25) is 29.5 Å². The fourth-order valence-corrected chi connectivity index (χ4v) is 2.11. The predicted octanol–water partition coefficient (Wildman–Crippen LogP) is -4.45. The van der Waals surface area contributed by atoms with E-state index in [1.54, 1.807) is 0 Å². The molecule has 0 aromatic rings. The first-order valence-corrected chi connectivity index (χ1v) is 8.59. The lowest BCUT2D eigenvalue weighted by Crippen LogP contribution is -2.57. The molecule has 0 saturated carbocycles. The molecular weight excluding hydrogens is 396 g/mol. The van der Waals surface area contributed by atoms with Crippen molar-refractivity contribution in [3.8, 4) is 0 Å². The van der Waals surface area contributed by atoms with E-state index in [1.165, 1.54) is 6.92 Å². The average Bonchev–Trinajstić information content (AvgIpc) is 2.57. The number of nitrogens with one attached hydrogen (secondary N) is 3. The molecule has 14 heteroatoms. The molecule has 0 fully saturated rings. The average molecular weight is 420 g/mol. The molecule has 10 N–H and O–H groups in total. The van der Waals surface area contributed by atoms with Gasteiger partial charge in [-0.25, -0.2) is 4.79 Å². The predicted molar refractivity (Wildman–Crippen MR) is 98.6 cm³/mol. The summed E-state index contributed by atoms with van der Waals surface area (Å²) >= 11 is 3.79. The number of hydrogen-bond acceptors (Lipinski definition) is 8. The number of rotatable bonds is 12. The highest BCUT2D eigenvalue weighted by molar-refractivity contribution is 7.80. The van der Waals surface area contributed by atoms with Crippen LogP contribution in [-0.2, 0) is 28.8 Å². The van der Waals surface area contributed by atoms with Gasteiger partial charge in [0.05, 0.1) is 18.9 Å². The number of primary amides is 2. The minimum absolute atomic E-state index is 0.181. The van der Waals surface area contributed by atoms with Gasteiger partial charge in [-0.2, -0.15) is 12.6 Å². The minimum atomic E-state index is -1.47. The molecule has 0 aliphatic rings. The number of carboxylic acids is 1. The Hall–Kier alpha value is -2.87. The summed E-state index contributed by atoms with van der Waals surface area (Å²) in [5.41, 5.74) is 15.4. The van der Waals surface area contributed by atoms with Crippen molar-refractivity contribution in [1.29, 1.82) is 0 Å². The smallest absolute Gasteiger partial charge is 0.327 e. The Morgan fingerprint density at radius 2 is 1.36 bits per heavy atom. The number of thiol groups is 1. The van der Waals surface area contributed by atoms with E-state index in [1.807, 2.05) is 0 Å². The summed E-state index contributed by atoms with van der Waals surface area (Å²) in [7, 11) is 0. The standard InChI is InChI=1S/C14H24N6O7S/c1-5(11(23)20-8(4-28)14(26)27)18-13(25)7(3-10(17)22)19-12(24)6(15)2-9(16)21/h5-8,28H,2-4,15H2,1H3,(H2,16,21)(H2,17,22)(H,18,25)(H,19,24)(H,20,23)(H,26,27). The summed E-state index contributed by atoms with van der Waals surface area (Å²) < 4.78 is 0. The van der Waals surface area contributed by atoms with Crippen molar-refractivity contribution >= 4 is 48.1 Å². The van der Waals surface area contributed by atoms with E-state index in [9.17, 15) is 28.8 Å². The maximum absolute atomic E-state index is 12.3. The van der Waals surface area contributed by atoms with Crippen LogP contribution in [-0.4, -0.2) is 70.5 Å². The van der Waals surface area contributed by atoms with E-state index >= 15 is 0 Å². The largest absolute Gasteiger partial charge is 0.480 e. The topological polar surface area (TPSA) is 237 Å². The number of hydrogen-bond donors (Lipinski definition) is 8. The van der Waals surface area contributed by atoms with Gasteiger partial charge in [-0.15, -0.1) is 0 Å². The lowest BCUT2D eigenvalue weighted by atomic mass is 10.1. The van der Waals surface area contributed by atoms with Gasteiger partial charge in [0, 0.05) is 5.75 Å². The maximum atomic E-state index is 12.3. The first-order chi connectivity index (χ1) is 12.9. The molecule has 0 aliphatic carbocycles. The normalized spacial score (nSPS) is 14.7. The van der Waals surface area contributed by atoms with Crippen LogP contribution in [0.4, 0.5) is 0 Å². The minimum Gasteiger partial charge on any atom is -0.480 e. The SMILES string of the molecule is CC(NC(=O)C(CC(N)=O)NC(=O)C(N)CC(N)=O)C(=O)NC(CS)C(=O)O. The summed E-state index contributed by atoms with van der Waals surface area (Å²) in [5, 5.41) is 15.4. The summed E-state index contributed by atoms with van der Waals surface area (Å²) in [5.74, 6) is -5.98. The molecule has 4 unspecified atom stereocenters. The molecule has 0 rings (SSSR count). The zero-order chi connectivity index (χ0) is 22.0. The second kappa shape index (κ2) is 11.8. The molecule has 158 valence electrons. The van der Waals surface area contributed by atoms with E-state index in [0.29, 0.717) is 0 Å². The molecule has 28 heavy (non-hydrogen) atoms. The Balaban J connectivity index is 5.03. The summed E-state index contributed by atoms with van der Waals surface area (Å²) in [4.78, 5) is 69.1. The molecule has 0 radical (unpaired) electrons. The fourth-order valence-electron chi connectivity index (χ4n) is 1.86. The van der Waals surface area contributed by atoms with Crippen molar-refractivity contribution in [2.24, 2.45) is 17.2 Å². The molecule has 0 spiro atoms. The third kappa shape index (κ3) is 9.18. The van der Waals surface area contributed by atoms with Crippen LogP contribution in [0.1, 0.15) is 19.8 Å². The second-order valence-corrected chi connectivity index (χ2v) is 6.19. The number of nitrogens with two attached hydrogens (primary N) is 3. The van der Waals surface area contributed by atoms with E-state index < -0.39 is 72.5 Å². The van der Waals surface area contributed by atoms with Crippen molar-refractivity contribution in [3.63, 3.8) is 0 Å². The number of carbonyl (C=O) groups excluding carboxylic acids is 5. The van der Waals surface area contributed by atoms with Crippen molar-refractivity contribution in [2.75, 3.05) is 5.75 Å². The van der Waals surface area contributed by atoms with E-state index in [0.717, 1.165) is 0 Å². The van der Waals surface area contributed by atoms with Crippen LogP contribution in [0.25, 0.3) is 0 Å². The third-order valence-corrected chi connectivity index (χ3v) is 3.71. The zero-order valence-electron chi connectivity index (χ0n) is 15.0. The van der Waals surface area contributed by atoms with Crippen LogP contribution in [0, 0.1) is 0 Å². The summed E-state index contributed by atoms with van der Waals surface area (Å²) in [6.07, 6.45) is -1.10. The fraction of sp³-hybridized carbons (Fsp3) is 0.571. The molecule has 0 aromatic carbocycles. The molecule has 5 amide bonds. The van der Waals surface area contributed by atoms with Gasteiger partial charge in [0.1, 0.15) is 18.1 Å². The summed E-state index contributed by atoms with van der Waals surface area (Å²) in [6, 6.07) is -5.31. The van der Waals surface area contributed by atoms with Crippen LogP contribution in [0.15, 0.2) is 0 Å². The molecule has 0 saturated heterocycles. The highest BCUT2D eigenvalue weighted by Gasteiger charge is 2.29. The highest BCUT2D eigenvalue weighted by Crippen LogP contribution is 1.98.